The van der Waals surface area contributed by atoms with E-state index >= 15 is 0 Å². The number of carbonyl (C=O) groups excluding carboxylic acids is 1. The average molecular weight is 426 g/mol. The first-order valence-electron chi connectivity index (χ1n) is 10.1. The minimum absolute atomic E-state index is 0.127. The molecule has 6 nitrogen and oxygen atoms in total. The molecule has 0 aliphatic rings. The average Bonchev–Trinajstić information content (AvgIpc) is 2.77. The maximum atomic E-state index is 13.3. The highest BCUT2D eigenvalue weighted by Crippen LogP contribution is 2.24. The Morgan fingerprint density at radius 3 is 2.63 bits per heavy atom. The molecule has 158 valence electrons. The third-order valence-electron chi connectivity index (χ3n) is 5.04. The molecule has 7 heteroatoms. The number of thioether (sulfide) groups is 1. The van der Waals surface area contributed by atoms with Crippen LogP contribution < -0.4 is 10.9 Å². The summed E-state index contributed by atoms with van der Waals surface area (Å²) in [4.78, 5) is 30.1. The van der Waals surface area contributed by atoms with Gasteiger partial charge in [-0.15, -0.1) is 0 Å². The molecule has 0 radical (unpaired) electrons. The molecule has 3 rings (SSSR count). The van der Waals surface area contributed by atoms with Gasteiger partial charge in [-0.3, -0.25) is 14.2 Å². The van der Waals surface area contributed by atoms with Gasteiger partial charge in [-0.2, -0.15) is 0 Å². The van der Waals surface area contributed by atoms with Gasteiger partial charge in [-0.05, 0) is 42.2 Å². The van der Waals surface area contributed by atoms with Gasteiger partial charge in [0, 0.05) is 13.7 Å². The van der Waals surface area contributed by atoms with Crippen molar-refractivity contribution in [1.29, 1.82) is 0 Å². The molecule has 2 aromatic carbocycles. The van der Waals surface area contributed by atoms with Crippen LogP contribution in [0.4, 0.5) is 0 Å². The van der Waals surface area contributed by atoms with Crippen molar-refractivity contribution in [2.45, 2.75) is 31.3 Å². The van der Waals surface area contributed by atoms with Crippen LogP contribution in [0.15, 0.2) is 58.5 Å². The molecular formula is C23H27N3O3S. The number of amides is 1. The number of aromatic nitrogens is 2. The summed E-state index contributed by atoms with van der Waals surface area (Å²) in [7, 11) is 1.59. The predicted molar refractivity (Wildman–Crippen MR) is 122 cm³/mol. The molecule has 1 aromatic heterocycles. The number of fused-ring (bicyclic) bond motifs is 1. The Labute approximate surface area is 180 Å². The summed E-state index contributed by atoms with van der Waals surface area (Å²) in [6, 6.07) is 15.3. The van der Waals surface area contributed by atoms with Crippen LogP contribution in [-0.2, 0) is 9.53 Å². The first-order chi connectivity index (χ1) is 14.5. The Morgan fingerprint density at radius 2 is 1.93 bits per heavy atom. The van der Waals surface area contributed by atoms with E-state index < -0.39 is 0 Å². The highest BCUT2D eigenvalue weighted by atomic mass is 32.2. The molecular weight excluding hydrogens is 398 g/mol. The van der Waals surface area contributed by atoms with Crippen LogP contribution in [0.2, 0.25) is 0 Å². The molecule has 0 aliphatic heterocycles. The third kappa shape index (κ3) is 5.09. The number of rotatable bonds is 9. The quantitative estimate of drug-likeness (QED) is 0.321. The third-order valence-corrected chi connectivity index (χ3v) is 5.98. The fourth-order valence-electron chi connectivity index (χ4n) is 3.10. The Hall–Kier alpha value is -2.64. The van der Waals surface area contributed by atoms with Crippen molar-refractivity contribution in [2.24, 2.45) is 0 Å². The Balaban J connectivity index is 1.97. The van der Waals surface area contributed by atoms with Crippen molar-refractivity contribution in [3.05, 3.63) is 64.4 Å². The van der Waals surface area contributed by atoms with Crippen LogP contribution in [0.25, 0.3) is 16.6 Å². The summed E-state index contributed by atoms with van der Waals surface area (Å²) in [5.41, 5.74) is 2.46. The van der Waals surface area contributed by atoms with Crippen LogP contribution in [-0.4, -0.2) is 41.5 Å². The zero-order chi connectivity index (χ0) is 21.5. The molecule has 0 fully saturated rings. The molecule has 0 bridgehead atoms. The number of hydrogen-bond acceptors (Lipinski definition) is 5. The fourth-order valence-corrected chi connectivity index (χ4v) is 3.94. The van der Waals surface area contributed by atoms with Crippen molar-refractivity contribution >= 4 is 28.6 Å². The maximum absolute atomic E-state index is 13.3. The number of hydrogen-bond donors (Lipinski definition) is 1. The van der Waals surface area contributed by atoms with Crippen LogP contribution in [0.3, 0.4) is 0 Å². The van der Waals surface area contributed by atoms with Gasteiger partial charge < -0.3 is 10.1 Å². The minimum atomic E-state index is -0.140. The Bertz CT molecular complexity index is 1060. The van der Waals surface area contributed by atoms with Gasteiger partial charge in [0.1, 0.15) is 0 Å². The first-order valence-corrected chi connectivity index (χ1v) is 11.0. The van der Waals surface area contributed by atoms with Crippen LogP contribution in [0, 0.1) is 0 Å². The highest BCUT2D eigenvalue weighted by molar-refractivity contribution is 7.99. The van der Waals surface area contributed by atoms with E-state index in [4.69, 9.17) is 4.74 Å². The van der Waals surface area contributed by atoms with Crippen LogP contribution in [0.1, 0.15) is 31.7 Å². The van der Waals surface area contributed by atoms with Gasteiger partial charge in [0.05, 0.1) is 29.0 Å². The summed E-state index contributed by atoms with van der Waals surface area (Å²) < 4.78 is 6.54. The van der Waals surface area contributed by atoms with E-state index in [1.165, 1.54) is 17.3 Å². The summed E-state index contributed by atoms with van der Waals surface area (Å²) in [5.74, 6) is 0.493. The van der Waals surface area contributed by atoms with Gasteiger partial charge in [0.2, 0.25) is 5.91 Å². The SMILES string of the molecule is CCC(C)c1ccc(-n2c(SCC(=O)NCCOC)nc3ccccc3c2=O)cc1. The first kappa shape index (κ1) is 22.1. The normalized spacial score (nSPS) is 12.1. The zero-order valence-corrected chi connectivity index (χ0v) is 18.4. The number of benzene rings is 2. The van der Waals surface area contributed by atoms with E-state index in [2.05, 4.69) is 36.3 Å². The van der Waals surface area contributed by atoms with Crippen LogP contribution >= 0.6 is 11.8 Å². The molecule has 1 heterocycles. The van der Waals surface area contributed by atoms with Crippen molar-refractivity contribution < 1.29 is 9.53 Å². The Kier molecular flexibility index (Phi) is 7.65. The van der Waals surface area contributed by atoms with E-state index in [0.717, 1.165) is 12.1 Å². The van der Waals surface area contributed by atoms with E-state index in [1.54, 1.807) is 17.7 Å². The standard InChI is InChI=1S/C23H27N3O3S/c1-4-16(2)17-9-11-18(12-10-17)26-22(28)19-7-5-6-8-20(19)25-23(26)30-15-21(27)24-13-14-29-3/h5-12,16H,4,13-15H2,1-3H3,(H,24,27). The lowest BCUT2D eigenvalue weighted by molar-refractivity contribution is -0.118. The number of nitrogens with one attached hydrogen (secondary N) is 1. The highest BCUT2D eigenvalue weighted by Gasteiger charge is 2.15. The van der Waals surface area contributed by atoms with E-state index in [1.807, 2.05) is 30.3 Å². The van der Waals surface area contributed by atoms with E-state index in [0.29, 0.717) is 35.1 Å². The number of carbonyl (C=O) groups is 1. The molecule has 30 heavy (non-hydrogen) atoms. The topological polar surface area (TPSA) is 73.2 Å². The molecule has 0 saturated carbocycles. The van der Waals surface area contributed by atoms with Gasteiger partial charge >= 0.3 is 0 Å². The maximum Gasteiger partial charge on any atom is 0.266 e. The second-order valence-electron chi connectivity index (χ2n) is 7.08. The lowest BCUT2D eigenvalue weighted by atomic mass is 9.98. The number of para-hydroxylation sites is 1. The molecule has 0 saturated heterocycles. The molecule has 0 aliphatic carbocycles. The fraction of sp³-hybridized carbons (Fsp3) is 0.348. The monoisotopic (exact) mass is 425 g/mol. The molecule has 1 atom stereocenters. The molecule has 1 amide bonds. The largest absolute Gasteiger partial charge is 0.383 e. The van der Waals surface area contributed by atoms with E-state index in [-0.39, 0.29) is 17.2 Å². The summed E-state index contributed by atoms with van der Waals surface area (Å²) >= 11 is 1.25. The van der Waals surface area contributed by atoms with Gasteiger partial charge in [-0.1, -0.05) is 49.9 Å². The number of methoxy groups -OCH3 is 1. The number of nitrogens with zero attached hydrogens (tertiary/aromatic N) is 2. The van der Waals surface area contributed by atoms with Crippen molar-refractivity contribution in [3.63, 3.8) is 0 Å². The molecule has 0 spiro atoms. The summed E-state index contributed by atoms with van der Waals surface area (Å²) in [6.07, 6.45) is 1.05. The molecule has 1 N–H and O–H groups in total. The summed E-state index contributed by atoms with van der Waals surface area (Å²) in [5, 5.41) is 3.84. The predicted octanol–water partition coefficient (Wildman–Crippen LogP) is 3.75. The van der Waals surface area contributed by atoms with Gasteiger partial charge in [0.25, 0.3) is 5.56 Å². The smallest absolute Gasteiger partial charge is 0.266 e. The van der Waals surface area contributed by atoms with Gasteiger partial charge in [0.15, 0.2) is 5.16 Å². The van der Waals surface area contributed by atoms with Crippen LogP contribution in [0.5, 0.6) is 0 Å². The Morgan fingerprint density at radius 1 is 1.20 bits per heavy atom. The number of ether oxygens (including phenoxy) is 1. The van der Waals surface area contributed by atoms with Gasteiger partial charge in [-0.25, -0.2) is 4.98 Å². The van der Waals surface area contributed by atoms with Crippen molar-refractivity contribution in [1.82, 2.24) is 14.9 Å². The van der Waals surface area contributed by atoms with E-state index in [9.17, 15) is 9.59 Å². The van der Waals surface area contributed by atoms with Crippen molar-refractivity contribution in [2.75, 3.05) is 26.0 Å². The lowest BCUT2D eigenvalue weighted by Gasteiger charge is -2.15. The van der Waals surface area contributed by atoms with Crippen molar-refractivity contribution in [3.8, 4) is 5.69 Å². The summed E-state index contributed by atoms with van der Waals surface area (Å²) in [6.45, 7) is 5.24. The molecule has 1 unspecified atom stereocenters. The zero-order valence-electron chi connectivity index (χ0n) is 17.6. The second kappa shape index (κ2) is 10.4. The second-order valence-corrected chi connectivity index (χ2v) is 8.03. The minimum Gasteiger partial charge on any atom is -0.383 e. The lowest BCUT2D eigenvalue weighted by Crippen LogP contribution is -2.29. The molecule has 3 aromatic rings.